The number of aromatic hydroxyl groups is 1. The van der Waals surface area contributed by atoms with Crippen molar-refractivity contribution in [2.24, 2.45) is 13.0 Å². The van der Waals surface area contributed by atoms with Gasteiger partial charge in [-0.05, 0) is 32.9 Å². The highest BCUT2D eigenvalue weighted by molar-refractivity contribution is 5.79. The van der Waals surface area contributed by atoms with E-state index in [0.717, 1.165) is 22.6 Å². The average molecular weight is 357 g/mol. The maximum atomic E-state index is 12.3. The first-order chi connectivity index (χ1) is 12.3. The second-order valence-electron chi connectivity index (χ2n) is 7.17. The number of rotatable bonds is 5. The Morgan fingerprint density at radius 1 is 1.27 bits per heavy atom. The molecule has 2 atom stereocenters. The maximum absolute atomic E-state index is 12.3. The van der Waals surface area contributed by atoms with Gasteiger partial charge in [-0.1, -0.05) is 0 Å². The second-order valence-corrected chi connectivity index (χ2v) is 7.17. The quantitative estimate of drug-likeness (QED) is 0.852. The standard InChI is InChI=1S/C19H27N5O2/c1-11-6-7-16(25)15(21-11)10-20-9-14-8-17(26)23(4)19(14)18-12(2)22-24(5)13(18)3/h6-7,14,19-20,25H,8-10H2,1-5H3/t14-,19+/m0/s1. The molecule has 2 N–H and O–H groups in total. The number of hydrogen-bond acceptors (Lipinski definition) is 5. The third-order valence-electron chi connectivity index (χ3n) is 5.34. The van der Waals surface area contributed by atoms with E-state index in [2.05, 4.69) is 15.4 Å². The van der Waals surface area contributed by atoms with E-state index in [1.165, 1.54) is 0 Å². The summed E-state index contributed by atoms with van der Waals surface area (Å²) in [6.07, 6.45) is 0.509. The van der Waals surface area contributed by atoms with Crippen LogP contribution in [-0.4, -0.2) is 44.3 Å². The zero-order valence-electron chi connectivity index (χ0n) is 16.1. The molecule has 3 rings (SSSR count). The number of aromatic nitrogens is 3. The summed E-state index contributed by atoms with van der Waals surface area (Å²) in [5.41, 5.74) is 4.71. The minimum absolute atomic E-state index is 0.0164. The predicted octanol–water partition coefficient (Wildman–Crippen LogP) is 1.76. The number of likely N-dealkylation sites (tertiary alicyclic amines) is 1. The molecule has 0 unspecified atom stereocenters. The molecule has 0 aromatic carbocycles. The van der Waals surface area contributed by atoms with Gasteiger partial charge in [0.25, 0.3) is 0 Å². The summed E-state index contributed by atoms with van der Waals surface area (Å²) in [7, 11) is 3.80. The number of carbonyl (C=O) groups excluding carboxylic acids is 1. The number of aryl methyl sites for hydroxylation is 3. The van der Waals surface area contributed by atoms with E-state index in [4.69, 9.17) is 0 Å². The molecule has 7 heteroatoms. The molecule has 0 spiro atoms. The number of amides is 1. The number of pyridine rings is 1. The van der Waals surface area contributed by atoms with Crippen LogP contribution in [0.3, 0.4) is 0 Å². The molecule has 2 aromatic heterocycles. The lowest BCUT2D eigenvalue weighted by Crippen LogP contribution is -2.30. The Hall–Kier alpha value is -2.41. The first kappa shape index (κ1) is 18.4. The van der Waals surface area contributed by atoms with E-state index in [9.17, 15) is 9.90 Å². The number of nitrogens with zero attached hydrogens (tertiary/aromatic N) is 4. The van der Waals surface area contributed by atoms with Gasteiger partial charge >= 0.3 is 0 Å². The summed E-state index contributed by atoms with van der Waals surface area (Å²) >= 11 is 0. The molecule has 1 saturated heterocycles. The van der Waals surface area contributed by atoms with E-state index >= 15 is 0 Å². The molecule has 2 aromatic rings. The molecular formula is C19H27N5O2. The Bertz CT molecular complexity index is 830. The normalized spacial score (nSPS) is 20.2. The van der Waals surface area contributed by atoms with Crippen molar-refractivity contribution in [3.63, 3.8) is 0 Å². The van der Waals surface area contributed by atoms with Crippen LogP contribution < -0.4 is 5.32 Å². The summed E-state index contributed by atoms with van der Waals surface area (Å²) in [6.45, 7) is 7.09. The summed E-state index contributed by atoms with van der Waals surface area (Å²) < 4.78 is 1.88. The molecule has 1 aliphatic rings. The van der Waals surface area contributed by atoms with E-state index < -0.39 is 0 Å². The minimum Gasteiger partial charge on any atom is -0.506 e. The van der Waals surface area contributed by atoms with Crippen LogP contribution in [0, 0.1) is 26.7 Å². The topological polar surface area (TPSA) is 83.3 Å². The Morgan fingerprint density at radius 2 is 2.00 bits per heavy atom. The van der Waals surface area contributed by atoms with Crippen molar-refractivity contribution in [2.45, 2.75) is 39.8 Å². The van der Waals surface area contributed by atoms with Crippen LogP contribution in [0.2, 0.25) is 0 Å². The van der Waals surface area contributed by atoms with Gasteiger partial charge in [-0.15, -0.1) is 0 Å². The average Bonchev–Trinajstić information content (AvgIpc) is 2.99. The minimum atomic E-state index is 0.0164. The Labute approximate surface area is 154 Å². The number of nitrogens with one attached hydrogen (secondary N) is 1. The first-order valence-corrected chi connectivity index (χ1v) is 8.91. The molecule has 140 valence electrons. The lowest BCUT2D eigenvalue weighted by Gasteiger charge is -2.26. The molecule has 1 fully saturated rings. The van der Waals surface area contributed by atoms with Crippen molar-refractivity contribution in [2.75, 3.05) is 13.6 Å². The zero-order valence-corrected chi connectivity index (χ0v) is 16.1. The van der Waals surface area contributed by atoms with Gasteiger partial charge in [0.05, 0.1) is 17.4 Å². The van der Waals surface area contributed by atoms with Crippen molar-refractivity contribution >= 4 is 5.91 Å². The van der Waals surface area contributed by atoms with E-state index in [1.54, 1.807) is 12.1 Å². The Balaban J connectivity index is 1.75. The highest BCUT2D eigenvalue weighted by Crippen LogP contribution is 2.39. The van der Waals surface area contributed by atoms with Gasteiger partial charge in [-0.2, -0.15) is 5.10 Å². The molecule has 1 aliphatic heterocycles. The largest absolute Gasteiger partial charge is 0.506 e. The van der Waals surface area contributed by atoms with Gasteiger partial charge in [0.1, 0.15) is 5.75 Å². The first-order valence-electron chi connectivity index (χ1n) is 8.91. The van der Waals surface area contributed by atoms with Gasteiger partial charge < -0.3 is 15.3 Å². The SMILES string of the molecule is Cc1ccc(O)c(CNC[C@@H]2CC(=O)N(C)[C@H]2c2c(C)nn(C)c2C)n1. The molecule has 0 aliphatic carbocycles. The molecule has 3 heterocycles. The highest BCUT2D eigenvalue weighted by Gasteiger charge is 2.40. The van der Waals surface area contributed by atoms with Gasteiger partial charge in [0, 0.05) is 56.5 Å². The molecule has 26 heavy (non-hydrogen) atoms. The monoisotopic (exact) mass is 357 g/mol. The van der Waals surface area contributed by atoms with Gasteiger partial charge in [0.2, 0.25) is 5.91 Å². The predicted molar refractivity (Wildman–Crippen MR) is 98.6 cm³/mol. The second kappa shape index (κ2) is 7.07. The van der Waals surface area contributed by atoms with Gasteiger partial charge in [-0.3, -0.25) is 14.5 Å². The van der Waals surface area contributed by atoms with Crippen LogP contribution in [0.5, 0.6) is 5.75 Å². The van der Waals surface area contributed by atoms with Crippen molar-refractivity contribution in [1.82, 2.24) is 25.0 Å². The van der Waals surface area contributed by atoms with Crippen molar-refractivity contribution in [3.05, 3.63) is 40.5 Å². The van der Waals surface area contributed by atoms with Gasteiger partial charge in [-0.25, -0.2) is 0 Å². The lowest BCUT2D eigenvalue weighted by molar-refractivity contribution is -0.127. The molecule has 0 bridgehead atoms. The Morgan fingerprint density at radius 3 is 2.65 bits per heavy atom. The van der Waals surface area contributed by atoms with Crippen LogP contribution in [0.4, 0.5) is 0 Å². The van der Waals surface area contributed by atoms with Crippen LogP contribution >= 0.6 is 0 Å². The number of hydrogen-bond donors (Lipinski definition) is 2. The van der Waals surface area contributed by atoms with E-state index in [1.807, 2.05) is 44.4 Å². The van der Waals surface area contributed by atoms with E-state index in [0.29, 0.717) is 25.2 Å². The molecule has 7 nitrogen and oxygen atoms in total. The molecule has 0 saturated carbocycles. The summed E-state index contributed by atoms with van der Waals surface area (Å²) in [5, 5.41) is 17.8. The summed E-state index contributed by atoms with van der Waals surface area (Å²) in [5.74, 6) is 0.500. The summed E-state index contributed by atoms with van der Waals surface area (Å²) in [6, 6.07) is 3.47. The van der Waals surface area contributed by atoms with Crippen molar-refractivity contribution in [1.29, 1.82) is 0 Å². The molecule has 1 amide bonds. The summed E-state index contributed by atoms with van der Waals surface area (Å²) in [4.78, 5) is 18.6. The molecule has 0 radical (unpaired) electrons. The van der Waals surface area contributed by atoms with Gasteiger partial charge in [0.15, 0.2) is 0 Å². The fourth-order valence-corrected chi connectivity index (χ4v) is 3.89. The van der Waals surface area contributed by atoms with Crippen LogP contribution in [0.1, 0.15) is 40.8 Å². The van der Waals surface area contributed by atoms with Crippen LogP contribution in [0.25, 0.3) is 0 Å². The van der Waals surface area contributed by atoms with Crippen LogP contribution in [0.15, 0.2) is 12.1 Å². The fraction of sp³-hybridized carbons (Fsp3) is 0.526. The van der Waals surface area contributed by atoms with E-state index in [-0.39, 0.29) is 23.6 Å². The van der Waals surface area contributed by atoms with Crippen LogP contribution in [-0.2, 0) is 18.4 Å². The lowest BCUT2D eigenvalue weighted by atomic mass is 9.92. The van der Waals surface area contributed by atoms with Crippen molar-refractivity contribution < 1.29 is 9.90 Å². The number of carbonyl (C=O) groups is 1. The Kier molecular flexibility index (Phi) is 5.00. The maximum Gasteiger partial charge on any atom is 0.223 e. The highest BCUT2D eigenvalue weighted by atomic mass is 16.3. The zero-order chi connectivity index (χ0) is 19.0. The smallest absolute Gasteiger partial charge is 0.223 e. The molecular weight excluding hydrogens is 330 g/mol. The third-order valence-corrected chi connectivity index (χ3v) is 5.34. The van der Waals surface area contributed by atoms with Crippen molar-refractivity contribution in [3.8, 4) is 5.75 Å². The fourth-order valence-electron chi connectivity index (χ4n) is 3.89. The third kappa shape index (κ3) is 3.31.